The maximum atomic E-state index is 12.0. The standard InChI is InChI=1S/C16H24N4O2/c1-16(2,3)22-15(21)20-8-6-19(7-9-20)14-17-10-13(11-18-14)12-4-5-12/h10-12H,4-9H2,1-3H3. The van der Waals surface area contributed by atoms with E-state index >= 15 is 0 Å². The topological polar surface area (TPSA) is 58.6 Å². The quantitative estimate of drug-likeness (QED) is 0.840. The molecule has 2 aliphatic rings. The second-order valence-corrected chi connectivity index (χ2v) is 7.05. The summed E-state index contributed by atoms with van der Waals surface area (Å²) in [7, 11) is 0. The Morgan fingerprint density at radius 2 is 1.73 bits per heavy atom. The molecule has 0 bridgehead atoms. The number of carbonyl (C=O) groups is 1. The van der Waals surface area contributed by atoms with Gasteiger partial charge in [0.2, 0.25) is 5.95 Å². The average molecular weight is 304 g/mol. The maximum absolute atomic E-state index is 12.0. The van der Waals surface area contributed by atoms with Gasteiger partial charge < -0.3 is 14.5 Å². The monoisotopic (exact) mass is 304 g/mol. The fraction of sp³-hybridized carbons (Fsp3) is 0.688. The predicted molar refractivity (Wildman–Crippen MR) is 84.0 cm³/mol. The minimum atomic E-state index is -0.448. The van der Waals surface area contributed by atoms with Crippen LogP contribution in [0.25, 0.3) is 0 Å². The van der Waals surface area contributed by atoms with E-state index < -0.39 is 5.60 Å². The zero-order chi connectivity index (χ0) is 15.7. The molecule has 1 aliphatic heterocycles. The summed E-state index contributed by atoms with van der Waals surface area (Å²) in [5.41, 5.74) is 0.798. The van der Waals surface area contributed by atoms with Crippen molar-refractivity contribution < 1.29 is 9.53 Å². The van der Waals surface area contributed by atoms with E-state index in [1.807, 2.05) is 33.2 Å². The second-order valence-electron chi connectivity index (χ2n) is 7.05. The van der Waals surface area contributed by atoms with Gasteiger partial charge in [0.15, 0.2) is 0 Å². The second kappa shape index (κ2) is 5.74. The zero-order valence-corrected chi connectivity index (χ0v) is 13.6. The van der Waals surface area contributed by atoms with Gasteiger partial charge in [-0.15, -0.1) is 0 Å². The van der Waals surface area contributed by atoms with Crippen molar-refractivity contribution in [2.45, 2.75) is 45.1 Å². The molecule has 1 saturated carbocycles. The van der Waals surface area contributed by atoms with E-state index in [1.165, 1.54) is 18.4 Å². The summed E-state index contributed by atoms with van der Waals surface area (Å²) in [5, 5.41) is 0. The lowest BCUT2D eigenvalue weighted by atomic mass is 10.2. The normalized spacial score (nSPS) is 19.2. The van der Waals surface area contributed by atoms with E-state index in [0.29, 0.717) is 19.0 Å². The first-order valence-corrected chi connectivity index (χ1v) is 7.97. The summed E-state index contributed by atoms with van der Waals surface area (Å²) in [6.07, 6.45) is 6.17. The first kappa shape index (κ1) is 15.1. The lowest BCUT2D eigenvalue weighted by Crippen LogP contribution is -2.50. The van der Waals surface area contributed by atoms with Gasteiger partial charge >= 0.3 is 6.09 Å². The van der Waals surface area contributed by atoms with Crippen LogP contribution in [0.15, 0.2) is 12.4 Å². The molecule has 0 unspecified atom stereocenters. The third-order valence-electron chi connectivity index (χ3n) is 3.92. The van der Waals surface area contributed by atoms with Crippen LogP contribution < -0.4 is 4.90 Å². The molecule has 6 heteroatoms. The van der Waals surface area contributed by atoms with Crippen molar-refractivity contribution in [2.75, 3.05) is 31.1 Å². The van der Waals surface area contributed by atoms with Gasteiger partial charge in [-0.3, -0.25) is 0 Å². The molecule has 0 spiro atoms. The third-order valence-corrected chi connectivity index (χ3v) is 3.92. The van der Waals surface area contributed by atoms with Crippen molar-refractivity contribution in [3.8, 4) is 0 Å². The zero-order valence-electron chi connectivity index (χ0n) is 13.6. The van der Waals surface area contributed by atoms with Crippen molar-refractivity contribution in [3.63, 3.8) is 0 Å². The van der Waals surface area contributed by atoms with Gasteiger partial charge in [-0.2, -0.15) is 0 Å². The molecule has 1 saturated heterocycles. The van der Waals surface area contributed by atoms with Crippen LogP contribution in [0.2, 0.25) is 0 Å². The van der Waals surface area contributed by atoms with Gasteiger partial charge in [0, 0.05) is 38.6 Å². The predicted octanol–water partition coefficient (Wildman–Crippen LogP) is 2.41. The SMILES string of the molecule is CC(C)(C)OC(=O)N1CCN(c2ncc(C3CC3)cn2)CC1. The Hall–Kier alpha value is -1.85. The van der Waals surface area contributed by atoms with Gasteiger partial charge in [0.25, 0.3) is 0 Å². The number of anilines is 1. The molecule has 22 heavy (non-hydrogen) atoms. The number of ether oxygens (including phenoxy) is 1. The molecule has 1 aliphatic carbocycles. The third kappa shape index (κ3) is 3.67. The Labute approximate surface area is 131 Å². The molecule has 0 radical (unpaired) electrons. The smallest absolute Gasteiger partial charge is 0.410 e. The minimum absolute atomic E-state index is 0.239. The highest BCUT2D eigenvalue weighted by Crippen LogP contribution is 2.39. The Bertz CT molecular complexity index is 526. The molecule has 1 aromatic heterocycles. The minimum Gasteiger partial charge on any atom is -0.444 e. The van der Waals surface area contributed by atoms with Crippen LogP contribution in [-0.2, 0) is 4.74 Å². The molecular weight excluding hydrogens is 280 g/mol. The van der Waals surface area contributed by atoms with Crippen LogP contribution in [0, 0.1) is 0 Å². The van der Waals surface area contributed by atoms with Crippen LogP contribution in [0.5, 0.6) is 0 Å². The Kier molecular flexibility index (Phi) is 3.93. The highest BCUT2D eigenvalue weighted by atomic mass is 16.6. The first-order chi connectivity index (χ1) is 10.4. The number of rotatable bonds is 2. The molecule has 0 aromatic carbocycles. The molecule has 0 N–H and O–H groups in total. The Balaban J connectivity index is 1.53. The van der Waals surface area contributed by atoms with Crippen LogP contribution in [0.4, 0.5) is 10.7 Å². The van der Waals surface area contributed by atoms with E-state index in [-0.39, 0.29) is 6.09 Å². The Morgan fingerprint density at radius 1 is 1.14 bits per heavy atom. The van der Waals surface area contributed by atoms with Crippen molar-refractivity contribution in [2.24, 2.45) is 0 Å². The van der Waals surface area contributed by atoms with Crippen LogP contribution in [-0.4, -0.2) is 52.7 Å². The van der Waals surface area contributed by atoms with Crippen molar-refractivity contribution >= 4 is 12.0 Å². The molecule has 2 heterocycles. The van der Waals surface area contributed by atoms with Crippen LogP contribution in [0.1, 0.15) is 45.1 Å². The summed E-state index contributed by atoms with van der Waals surface area (Å²) < 4.78 is 5.40. The summed E-state index contributed by atoms with van der Waals surface area (Å²) >= 11 is 0. The van der Waals surface area contributed by atoms with Crippen molar-refractivity contribution in [1.82, 2.24) is 14.9 Å². The molecule has 1 amide bonds. The fourth-order valence-electron chi connectivity index (χ4n) is 2.54. The molecule has 2 fully saturated rings. The number of aromatic nitrogens is 2. The van der Waals surface area contributed by atoms with Crippen LogP contribution in [0.3, 0.4) is 0 Å². The number of piperazine rings is 1. The molecule has 0 atom stereocenters. The molecule has 6 nitrogen and oxygen atoms in total. The molecular formula is C16H24N4O2. The summed E-state index contributed by atoms with van der Waals surface area (Å²) in [5.74, 6) is 1.44. The summed E-state index contributed by atoms with van der Waals surface area (Å²) in [4.78, 5) is 24.9. The van der Waals surface area contributed by atoms with E-state index in [4.69, 9.17) is 4.74 Å². The average Bonchev–Trinajstić information content (AvgIpc) is 3.30. The van der Waals surface area contributed by atoms with Crippen molar-refractivity contribution in [3.05, 3.63) is 18.0 Å². The van der Waals surface area contributed by atoms with Crippen LogP contribution >= 0.6 is 0 Å². The summed E-state index contributed by atoms with van der Waals surface area (Å²) in [6, 6.07) is 0. The largest absolute Gasteiger partial charge is 0.444 e. The first-order valence-electron chi connectivity index (χ1n) is 7.97. The van der Waals surface area contributed by atoms with E-state index in [0.717, 1.165) is 19.0 Å². The van der Waals surface area contributed by atoms with Gasteiger partial charge in [0.1, 0.15) is 5.60 Å². The number of nitrogens with zero attached hydrogens (tertiary/aromatic N) is 4. The number of amides is 1. The lowest BCUT2D eigenvalue weighted by Gasteiger charge is -2.35. The lowest BCUT2D eigenvalue weighted by molar-refractivity contribution is 0.0240. The van der Waals surface area contributed by atoms with Gasteiger partial charge in [-0.25, -0.2) is 14.8 Å². The molecule has 1 aromatic rings. The van der Waals surface area contributed by atoms with E-state index in [1.54, 1.807) is 4.90 Å². The van der Waals surface area contributed by atoms with Gasteiger partial charge in [0.05, 0.1) is 0 Å². The highest BCUT2D eigenvalue weighted by Gasteiger charge is 2.27. The highest BCUT2D eigenvalue weighted by molar-refractivity contribution is 5.68. The Morgan fingerprint density at radius 3 is 2.23 bits per heavy atom. The molecule has 120 valence electrons. The fourth-order valence-corrected chi connectivity index (χ4v) is 2.54. The van der Waals surface area contributed by atoms with E-state index in [9.17, 15) is 4.79 Å². The number of carbonyl (C=O) groups excluding carboxylic acids is 1. The van der Waals surface area contributed by atoms with Gasteiger partial charge in [-0.05, 0) is 45.1 Å². The van der Waals surface area contributed by atoms with Crippen molar-refractivity contribution in [1.29, 1.82) is 0 Å². The number of hydrogen-bond donors (Lipinski definition) is 0. The van der Waals surface area contributed by atoms with Gasteiger partial charge in [-0.1, -0.05) is 0 Å². The van der Waals surface area contributed by atoms with E-state index in [2.05, 4.69) is 14.9 Å². The number of hydrogen-bond acceptors (Lipinski definition) is 5. The summed E-state index contributed by atoms with van der Waals surface area (Å²) in [6.45, 7) is 8.42. The molecule has 3 rings (SSSR count). The maximum Gasteiger partial charge on any atom is 0.410 e.